The molecule has 1 aromatic carbocycles. The summed E-state index contributed by atoms with van der Waals surface area (Å²) in [5.41, 5.74) is 4.18. The Labute approximate surface area is 193 Å². The largest absolute Gasteiger partial charge is 0.339 e. The van der Waals surface area contributed by atoms with Gasteiger partial charge in [0.25, 0.3) is 5.91 Å². The number of hydrogen-bond donors (Lipinski definition) is 1. The fourth-order valence-corrected chi connectivity index (χ4v) is 4.64. The summed E-state index contributed by atoms with van der Waals surface area (Å²) < 4.78 is 16.8. The molecule has 1 amide bonds. The van der Waals surface area contributed by atoms with E-state index in [-0.39, 0.29) is 18.3 Å². The van der Waals surface area contributed by atoms with Crippen molar-refractivity contribution in [3.63, 3.8) is 0 Å². The van der Waals surface area contributed by atoms with Crippen molar-refractivity contribution >= 4 is 28.3 Å². The van der Waals surface area contributed by atoms with Gasteiger partial charge in [0.1, 0.15) is 17.8 Å². The molecular formula is C24H21FN6OS. The minimum Gasteiger partial charge on any atom is -0.339 e. The van der Waals surface area contributed by atoms with Crippen molar-refractivity contribution < 1.29 is 9.18 Å². The monoisotopic (exact) mass is 460 g/mol. The molecule has 1 N–H and O–H groups in total. The van der Waals surface area contributed by atoms with Crippen LogP contribution in [0.5, 0.6) is 0 Å². The fourth-order valence-electron chi connectivity index (χ4n) is 3.77. The molecule has 0 saturated heterocycles. The number of amides is 1. The highest BCUT2D eigenvalue weighted by molar-refractivity contribution is 7.13. The minimum absolute atomic E-state index is 0.121. The van der Waals surface area contributed by atoms with Crippen LogP contribution >= 0.6 is 11.3 Å². The Morgan fingerprint density at radius 2 is 2.03 bits per heavy atom. The Morgan fingerprint density at radius 1 is 1.18 bits per heavy atom. The van der Waals surface area contributed by atoms with Crippen LogP contribution in [0.25, 0.3) is 33.5 Å². The fraction of sp³-hybridized carbons (Fsp3) is 0.167. The van der Waals surface area contributed by atoms with Gasteiger partial charge < -0.3 is 9.88 Å². The third kappa shape index (κ3) is 4.03. The van der Waals surface area contributed by atoms with Gasteiger partial charge in [-0.2, -0.15) is 5.10 Å². The van der Waals surface area contributed by atoms with Crippen molar-refractivity contribution in [1.29, 1.82) is 0 Å². The number of aryl methyl sites for hydroxylation is 2. The highest BCUT2D eigenvalue weighted by Gasteiger charge is 2.17. The second-order valence-electron chi connectivity index (χ2n) is 7.95. The minimum atomic E-state index is -0.385. The van der Waals surface area contributed by atoms with Gasteiger partial charge in [-0.1, -0.05) is 12.1 Å². The average molecular weight is 461 g/mol. The van der Waals surface area contributed by atoms with E-state index in [1.807, 2.05) is 38.4 Å². The lowest BCUT2D eigenvalue weighted by molar-refractivity contribution is 0.0788. The normalized spacial score (nSPS) is 11.3. The van der Waals surface area contributed by atoms with Crippen molar-refractivity contribution in [2.75, 3.05) is 7.05 Å². The molecule has 5 rings (SSSR count). The molecule has 4 aromatic heterocycles. The number of benzene rings is 1. The molecule has 7 nitrogen and oxygen atoms in total. The smallest absolute Gasteiger partial charge is 0.263 e. The SMILES string of the molecule is Cc1ccc(C(=O)N(C)Cc2ccc(-c3ncnc4[nH]c(-c5cnn(C)c5)cc34)cc2F)s1. The molecule has 0 saturated carbocycles. The Hall–Kier alpha value is -3.85. The molecule has 0 unspecified atom stereocenters. The van der Waals surface area contributed by atoms with Gasteiger partial charge in [-0.05, 0) is 31.2 Å². The van der Waals surface area contributed by atoms with Gasteiger partial charge in [0.2, 0.25) is 0 Å². The molecule has 9 heteroatoms. The van der Waals surface area contributed by atoms with Crippen LogP contribution in [0.2, 0.25) is 0 Å². The van der Waals surface area contributed by atoms with Gasteiger partial charge >= 0.3 is 0 Å². The molecule has 0 radical (unpaired) electrons. The number of rotatable bonds is 5. The molecule has 4 heterocycles. The van der Waals surface area contributed by atoms with Crippen molar-refractivity contribution in [1.82, 2.24) is 29.6 Å². The van der Waals surface area contributed by atoms with Gasteiger partial charge in [-0.3, -0.25) is 9.48 Å². The number of hydrogen-bond acceptors (Lipinski definition) is 5. The van der Waals surface area contributed by atoms with E-state index in [1.165, 1.54) is 28.6 Å². The summed E-state index contributed by atoms with van der Waals surface area (Å²) in [6.07, 6.45) is 5.13. The van der Waals surface area contributed by atoms with Crippen LogP contribution in [0.1, 0.15) is 20.1 Å². The van der Waals surface area contributed by atoms with Gasteiger partial charge in [-0.15, -0.1) is 11.3 Å². The summed E-state index contributed by atoms with van der Waals surface area (Å²) >= 11 is 1.43. The predicted molar refractivity (Wildman–Crippen MR) is 126 cm³/mol. The van der Waals surface area contributed by atoms with Crippen LogP contribution < -0.4 is 0 Å². The lowest BCUT2D eigenvalue weighted by Crippen LogP contribution is -2.25. The number of fused-ring (bicyclic) bond motifs is 1. The highest BCUT2D eigenvalue weighted by atomic mass is 32.1. The van der Waals surface area contributed by atoms with Crippen LogP contribution in [-0.4, -0.2) is 42.6 Å². The molecule has 166 valence electrons. The quantitative estimate of drug-likeness (QED) is 0.408. The van der Waals surface area contributed by atoms with Crippen LogP contribution in [-0.2, 0) is 13.6 Å². The summed E-state index contributed by atoms with van der Waals surface area (Å²) in [4.78, 5) is 27.9. The van der Waals surface area contributed by atoms with E-state index >= 15 is 4.39 Å². The second-order valence-corrected chi connectivity index (χ2v) is 9.24. The van der Waals surface area contributed by atoms with E-state index in [0.29, 0.717) is 27.3 Å². The molecule has 0 atom stereocenters. The maximum Gasteiger partial charge on any atom is 0.263 e. The second kappa shape index (κ2) is 8.25. The first-order valence-corrected chi connectivity index (χ1v) is 11.1. The molecule has 0 bridgehead atoms. The van der Waals surface area contributed by atoms with Crippen molar-refractivity contribution in [2.45, 2.75) is 13.5 Å². The van der Waals surface area contributed by atoms with Crippen molar-refractivity contribution in [3.8, 4) is 22.5 Å². The topological polar surface area (TPSA) is 79.7 Å². The molecule has 0 aliphatic heterocycles. The number of thiophene rings is 1. The van der Waals surface area contributed by atoms with E-state index in [2.05, 4.69) is 20.1 Å². The Kier molecular flexibility index (Phi) is 5.26. The first-order chi connectivity index (χ1) is 15.9. The third-order valence-electron chi connectivity index (χ3n) is 5.47. The molecule has 33 heavy (non-hydrogen) atoms. The number of nitrogens with zero attached hydrogens (tertiary/aromatic N) is 5. The lowest BCUT2D eigenvalue weighted by atomic mass is 10.1. The van der Waals surface area contributed by atoms with Crippen LogP contribution in [0, 0.1) is 12.7 Å². The Morgan fingerprint density at radius 3 is 2.73 bits per heavy atom. The maximum atomic E-state index is 15.0. The van der Waals surface area contributed by atoms with Crippen molar-refractivity contribution in [2.24, 2.45) is 7.05 Å². The van der Waals surface area contributed by atoms with Crippen molar-refractivity contribution in [3.05, 3.63) is 76.3 Å². The maximum absolute atomic E-state index is 15.0. The molecule has 0 fully saturated rings. The van der Waals surface area contributed by atoms with Gasteiger partial charge in [0.05, 0.1) is 22.5 Å². The van der Waals surface area contributed by atoms with E-state index in [1.54, 1.807) is 30.1 Å². The van der Waals surface area contributed by atoms with E-state index < -0.39 is 0 Å². The zero-order valence-corrected chi connectivity index (χ0v) is 19.2. The predicted octanol–water partition coefficient (Wildman–Crippen LogP) is 4.81. The number of carbonyl (C=O) groups is 1. The zero-order chi connectivity index (χ0) is 23.1. The third-order valence-corrected chi connectivity index (χ3v) is 6.46. The summed E-state index contributed by atoms with van der Waals surface area (Å²) in [6.45, 7) is 2.13. The van der Waals surface area contributed by atoms with Crippen LogP contribution in [0.4, 0.5) is 4.39 Å². The summed E-state index contributed by atoms with van der Waals surface area (Å²) in [7, 11) is 3.53. The average Bonchev–Trinajstić information content (AvgIpc) is 3.53. The lowest BCUT2D eigenvalue weighted by Gasteiger charge is -2.17. The molecule has 0 spiro atoms. The molecular weight excluding hydrogens is 439 g/mol. The van der Waals surface area contributed by atoms with Gasteiger partial charge in [-0.25, -0.2) is 14.4 Å². The van der Waals surface area contributed by atoms with Crippen LogP contribution in [0.15, 0.2) is 55.1 Å². The van der Waals surface area contributed by atoms with Gasteiger partial charge in [0, 0.05) is 53.8 Å². The van der Waals surface area contributed by atoms with E-state index in [0.717, 1.165) is 21.5 Å². The van der Waals surface area contributed by atoms with Gasteiger partial charge in [0.15, 0.2) is 0 Å². The zero-order valence-electron chi connectivity index (χ0n) is 18.3. The summed E-state index contributed by atoms with van der Waals surface area (Å²) in [5.74, 6) is -0.506. The van der Waals surface area contributed by atoms with Crippen LogP contribution in [0.3, 0.4) is 0 Å². The van der Waals surface area contributed by atoms with E-state index in [9.17, 15) is 4.79 Å². The number of carbonyl (C=O) groups excluding carboxylic acids is 1. The number of H-pyrrole nitrogens is 1. The molecule has 0 aliphatic rings. The summed E-state index contributed by atoms with van der Waals surface area (Å²) in [6, 6.07) is 10.6. The number of halogens is 1. The summed E-state index contributed by atoms with van der Waals surface area (Å²) in [5, 5.41) is 5.00. The molecule has 0 aliphatic carbocycles. The number of nitrogens with one attached hydrogen (secondary N) is 1. The van der Waals surface area contributed by atoms with E-state index in [4.69, 9.17) is 0 Å². The first kappa shape index (κ1) is 21.0. The first-order valence-electron chi connectivity index (χ1n) is 10.3. The number of aromatic amines is 1. The Balaban J connectivity index is 1.43. The molecule has 5 aromatic rings. The Bertz CT molecular complexity index is 1480. The number of aromatic nitrogens is 5. The standard InChI is InChI=1S/C24H21FN6OS/c1-14-4-7-21(33-14)24(32)30(2)11-16-6-5-15(8-19(16)25)22-18-9-20(17-10-28-31(3)12-17)29-23(18)27-13-26-22/h4-10,12-13H,11H2,1-3H3,(H,26,27,29). The highest BCUT2D eigenvalue weighted by Crippen LogP contribution is 2.30.